The molecule has 1 aliphatic heterocycles. The van der Waals surface area contributed by atoms with Crippen LogP contribution in [0.15, 0.2) is 58.3 Å². The van der Waals surface area contributed by atoms with Gasteiger partial charge in [0.2, 0.25) is 5.91 Å². The van der Waals surface area contributed by atoms with Gasteiger partial charge in [-0.2, -0.15) is 0 Å². The first-order valence-electron chi connectivity index (χ1n) is 9.19. The number of nitrogens with one attached hydrogen (secondary N) is 2. The number of amides is 2. The molecule has 28 heavy (non-hydrogen) atoms. The molecule has 0 fully saturated rings. The molecule has 1 aliphatic rings. The SMILES string of the molecule is COCCNC(=O)CSc1ccccc1C(=O)N[C@@H]1CCSc2ccccc21. The van der Waals surface area contributed by atoms with Crippen LogP contribution in [0.2, 0.25) is 0 Å². The van der Waals surface area contributed by atoms with Crippen LogP contribution in [0.1, 0.15) is 28.4 Å². The molecule has 5 nitrogen and oxygen atoms in total. The summed E-state index contributed by atoms with van der Waals surface area (Å²) in [6.07, 6.45) is 0.907. The minimum atomic E-state index is -0.102. The van der Waals surface area contributed by atoms with Crippen LogP contribution < -0.4 is 10.6 Å². The summed E-state index contributed by atoms with van der Waals surface area (Å²) in [6.45, 7) is 0.966. The third kappa shape index (κ3) is 5.53. The average molecular weight is 417 g/mol. The predicted octanol–water partition coefficient (Wildman–Crippen LogP) is 3.51. The molecule has 0 bridgehead atoms. The topological polar surface area (TPSA) is 67.4 Å². The molecule has 1 atom stereocenters. The first kappa shape index (κ1) is 20.8. The molecule has 3 rings (SSSR count). The molecule has 7 heteroatoms. The van der Waals surface area contributed by atoms with Crippen molar-refractivity contribution in [3.05, 3.63) is 59.7 Å². The summed E-state index contributed by atoms with van der Waals surface area (Å²) < 4.78 is 4.93. The minimum absolute atomic E-state index is 0.0142. The summed E-state index contributed by atoms with van der Waals surface area (Å²) in [7, 11) is 1.60. The van der Waals surface area contributed by atoms with Gasteiger partial charge in [-0.05, 0) is 30.2 Å². The van der Waals surface area contributed by atoms with Gasteiger partial charge in [0.25, 0.3) is 5.91 Å². The predicted molar refractivity (Wildman–Crippen MR) is 114 cm³/mol. The van der Waals surface area contributed by atoms with Gasteiger partial charge in [0.05, 0.1) is 24.0 Å². The third-order valence-electron chi connectivity index (χ3n) is 4.38. The van der Waals surface area contributed by atoms with Crippen molar-refractivity contribution < 1.29 is 14.3 Å². The van der Waals surface area contributed by atoms with Crippen LogP contribution in [0.3, 0.4) is 0 Å². The molecule has 0 aromatic heterocycles. The van der Waals surface area contributed by atoms with E-state index in [0.717, 1.165) is 17.1 Å². The highest BCUT2D eigenvalue weighted by molar-refractivity contribution is 8.00. The first-order valence-corrected chi connectivity index (χ1v) is 11.2. The van der Waals surface area contributed by atoms with Gasteiger partial charge in [-0.15, -0.1) is 23.5 Å². The van der Waals surface area contributed by atoms with Crippen LogP contribution in [0, 0.1) is 0 Å². The van der Waals surface area contributed by atoms with Crippen LogP contribution in [0.25, 0.3) is 0 Å². The summed E-state index contributed by atoms with van der Waals surface area (Å²) in [4.78, 5) is 26.9. The minimum Gasteiger partial charge on any atom is -0.383 e. The van der Waals surface area contributed by atoms with Crippen LogP contribution in [0.4, 0.5) is 0 Å². The number of carbonyl (C=O) groups excluding carboxylic acids is 2. The maximum Gasteiger partial charge on any atom is 0.252 e. The van der Waals surface area contributed by atoms with Gasteiger partial charge in [0, 0.05) is 29.2 Å². The molecular weight excluding hydrogens is 392 g/mol. The Balaban J connectivity index is 1.64. The normalized spacial score (nSPS) is 15.5. The molecule has 0 radical (unpaired) electrons. The lowest BCUT2D eigenvalue weighted by molar-refractivity contribution is -0.118. The molecule has 0 saturated carbocycles. The Morgan fingerprint density at radius 3 is 2.82 bits per heavy atom. The summed E-state index contributed by atoms with van der Waals surface area (Å²) in [5.41, 5.74) is 1.78. The zero-order chi connectivity index (χ0) is 19.8. The number of hydrogen-bond acceptors (Lipinski definition) is 5. The number of benzene rings is 2. The van der Waals surface area contributed by atoms with Gasteiger partial charge in [-0.25, -0.2) is 0 Å². The zero-order valence-electron chi connectivity index (χ0n) is 15.8. The lowest BCUT2D eigenvalue weighted by Crippen LogP contribution is -2.31. The fraction of sp³-hybridized carbons (Fsp3) is 0.333. The molecule has 148 valence electrons. The molecule has 2 N–H and O–H groups in total. The van der Waals surface area contributed by atoms with Gasteiger partial charge in [0.1, 0.15) is 0 Å². The standard InChI is InChI=1S/C21H24N2O3S2/c1-26-12-11-22-20(24)14-28-19-9-5-3-7-16(19)21(25)23-17-10-13-27-18-8-4-2-6-15(17)18/h2-9,17H,10-14H2,1H3,(H,22,24)(H,23,25)/t17-/m1/s1. The Morgan fingerprint density at radius 1 is 1.18 bits per heavy atom. The van der Waals surface area contributed by atoms with Crippen molar-refractivity contribution in [1.82, 2.24) is 10.6 Å². The Kier molecular flexibility index (Phi) is 7.82. The number of methoxy groups -OCH3 is 1. The summed E-state index contributed by atoms with van der Waals surface area (Å²) in [5, 5.41) is 5.97. The number of ether oxygens (including phenoxy) is 1. The second-order valence-corrected chi connectivity index (χ2v) is 8.48. The monoisotopic (exact) mass is 416 g/mol. The first-order chi connectivity index (χ1) is 13.7. The number of rotatable bonds is 8. The van der Waals surface area contributed by atoms with Crippen molar-refractivity contribution in [3.63, 3.8) is 0 Å². The highest BCUT2D eigenvalue weighted by Gasteiger charge is 2.23. The molecule has 0 unspecified atom stereocenters. The van der Waals surface area contributed by atoms with Crippen LogP contribution in [-0.2, 0) is 9.53 Å². The van der Waals surface area contributed by atoms with Crippen molar-refractivity contribution in [3.8, 4) is 0 Å². The van der Waals surface area contributed by atoms with E-state index >= 15 is 0 Å². The highest BCUT2D eigenvalue weighted by atomic mass is 32.2. The smallest absolute Gasteiger partial charge is 0.252 e. The van der Waals surface area contributed by atoms with E-state index in [-0.39, 0.29) is 23.6 Å². The van der Waals surface area contributed by atoms with Gasteiger partial charge in [0.15, 0.2) is 0 Å². The summed E-state index contributed by atoms with van der Waals surface area (Å²) >= 11 is 3.20. The van der Waals surface area contributed by atoms with Gasteiger partial charge >= 0.3 is 0 Å². The summed E-state index contributed by atoms with van der Waals surface area (Å²) in [5.74, 6) is 1.07. The van der Waals surface area contributed by atoms with E-state index in [2.05, 4.69) is 22.8 Å². The van der Waals surface area contributed by atoms with E-state index in [1.165, 1.54) is 22.2 Å². The van der Waals surface area contributed by atoms with E-state index in [1.807, 2.05) is 48.2 Å². The van der Waals surface area contributed by atoms with Crippen molar-refractivity contribution in [2.45, 2.75) is 22.3 Å². The average Bonchev–Trinajstić information content (AvgIpc) is 2.73. The molecule has 0 spiro atoms. The molecule has 0 saturated heterocycles. The van der Waals surface area contributed by atoms with Crippen molar-refractivity contribution in [2.24, 2.45) is 0 Å². The number of fused-ring (bicyclic) bond motifs is 1. The van der Waals surface area contributed by atoms with E-state index in [1.54, 1.807) is 7.11 Å². The van der Waals surface area contributed by atoms with E-state index in [4.69, 9.17) is 4.74 Å². The Morgan fingerprint density at radius 2 is 1.96 bits per heavy atom. The van der Waals surface area contributed by atoms with Crippen LogP contribution >= 0.6 is 23.5 Å². The number of thioether (sulfide) groups is 2. The molecule has 1 heterocycles. The second-order valence-electron chi connectivity index (χ2n) is 6.33. The van der Waals surface area contributed by atoms with Gasteiger partial charge in [-0.1, -0.05) is 30.3 Å². The van der Waals surface area contributed by atoms with Crippen molar-refractivity contribution in [1.29, 1.82) is 0 Å². The Bertz CT molecular complexity index is 829. The second kappa shape index (κ2) is 10.5. The molecule has 2 amide bonds. The van der Waals surface area contributed by atoms with Crippen LogP contribution in [-0.4, -0.2) is 43.6 Å². The third-order valence-corrected chi connectivity index (χ3v) is 6.58. The van der Waals surface area contributed by atoms with E-state index in [9.17, 15) is 9.59 Å². The Labute approximate surface area is 174 Å². The van der Waals surface area contributed by atoms with Gasteiger partial charge < -0.3 is 15.4 Å². The van der Waals surface area contributed by atoms with E-state index in [0.29, 0.717) is 18.7 Å². The van der Waals surface area contributed by atoms with E-state index < -0.39 is 0 Å². The fourth-order valence-electron chi connectivity index (χ4n) is 2.99. The van der Waals surface area contributed by atoms with Gasteiger partial charge in [-0.3, -0.25) is 9.59 Å². The highest BCUT2D eigenvalue weighted by Crippen LogP contribution is 2.36. The largest absolute Gasteiger partial charge is 0.383 e. The maximum absolute atomic E-state index is 13.0. The number of hydrogen-bond donors (Lipinski definition) is 2. The number of carbonyl (C=O) groups is 2. The lowest BCUT2D eigenvalue weighted by atomic mass is 10.0. The fourth-order valence-corrected chi connectivity index (χ4v) is 5.00. The molecule has 0 aliphatic carbocycles. The molecular formula is C21H24N2O3S2. The quantitative estimate of drug-likeness (QED) is 0.509. The zero-order valence-corrected chi connectivity index (χ0v) is 17.4. The van der Waals surface area contributed by atoms with Crippen molar-refractivity contribution >= 4 is 35.3 Å². The van der Waals surface area contributed by atoms with Crippen molar-refractivity contribution in [2.75, 3.05) is 31.8 Å². The lowest BCUT2D eigenvalue weighted by Gasteiger charge is -2.26. The molecule has 2 aromatic carbocycles. The van der Waals surface area contributed by atoms with Crippen LogP contribution in [0.5, 0.6) is 0 Å². The maximum atomic E-state index is 13.0. The Hall–Kier alpha value is -1.96. The molecule has 2 aromatic rings. The summed E-state index contributed by atoms with van der Waals surface area (Å²) in [6, 6.07) is 15.7.